The molecule has 1 atom stereocenters. The maximum absolute atomic E-state index is 11.1. The molecule has 142 valence electrons. The first-order valence-electron chi connectivity index (χ1n) is 9.24. The Bertz CT molecular complexity index is 1110. The van der Waals surface area contributed by atoms with Gasteiger partial charge in [-0.15, -0.1) is 5.10 Å². The van der Waals surface area contributed by atoms with E-state index in [0.29, 0.717) is 18.2 Å². The van der Waals surface area contributed by atoms with Crippen LogP contribution in [0.25, 0.3) is 11.2 Å². The highest BCUT2D eigenvalue weighted by Crippen LogP contribution is 2.42. The third kappa shape index (κ3) is 2.96. The fraction of sp³-hybridized carbons (Fsp3) is 0.300. The number of hydrogen-bond donors (Lipinski definition) is 1. The van der Waals surface area contributed by atoms with Crippen molar-refractivity contribution in [2.45, 2.75) is 31.5 Å². The van der Waals surface area contributed by atoms with Gasteiger partial charge in [0.25, 0.3) is 0 Å². The van der Waals surface area contributed by atoms with Crippen LogP contribution in [0.3, 0.4) is 0 Å². The molecule has 0 bridgehead atoms. The Balaban J connectivity index is 1.50. The first-order valence-corrected chi connectivity index (χ1v) is 9.24. The van der Waals surface area contributed by atoms with Crippen LogP contribution in [0, 0.1) is 0 Å². The van der Waals surface area contributed by atoms with Gasteiger partial charge in [0.1, 0.15) is 11.8 Å². The molecule has 1 unspecified atom stereocenters. The third-order valence-corrected chi connectivity index (χ3v) is 5.05. The van der Waals surface area contributed by atoms with E-state index in [-0.39, 0.29) is 0 Å². The number of ether oxygens (including phenoxy) is 1. The number of fused-ring (bicyclic) bond motifs is 1. The predicted molar refractivity (Wildman–Crippen MR) is 101 cm³/mol. The second-order valence-electron chi connectivity index (χ2n) is 7.08. The number of aliphatic hydroxyl groups excluding tert-OH is 1. The van der Waals surface area contributed by atoms with Crippen molar-refractivity contribution in [2.24, 2.45) is 0 Å². The van der Waals surface area contributed by atoms with Gasteiger partial charge in [-0.05, 0) is 30.5 Å². The molecule has 0 aliphatic heterocycles. The summed E-state index contributed by atoms with van der Waals surface area (Å²) in [4.78, 5) is 8.79. The average Bonchev–Trinajstić information content (AvgIpc) is 3.25. The predicted octanol–water partition coefficient (Wildman–Crippen LogP) is 2.42. The molecule has 1 aliphatic rings. The summed E-state index contributed by atoms with van der Waals surface area (Å²) in [6.07, 6.45) is 8.25. The maximum Gasteiger partial charge on any atom is 0.142 e. The normalized spacial score (nSPS) is 15.2. The van der Waals surface area contributed by atoms with Crippen LogP contribution in [-0.2, 0) is 11.3 Å². The van der Waals surface area contributed by atoms with Gasteiger partial charge >= 0.3 is 0 Å². The second kappa shape index (κ2) is 6.81. The lowest BCUT2D eigenvalue weighted by Gasteiger charge is -2.15. The Morgan fingerprint density at radius 2 is 2.04 bits per heavy atom. The molecule has 1 aromatic carbocycles. The van der Waals surface area contributed by atoms with Crippen molar-refractivity contribution in [1.29, 1.82) is 0 Å². The van der Waals surface area contributed by atoms with Crippen molar-refractivity contribution in [3.05, 3.63) is 71.8 Å². The van der Waals surface area contributed by atoms with Gasteiger partial charge < -0.3 is 9.84 Å². The van der Waals surface area contributed by atoms with Crippen LogP contribution in [0.2, 0.25) is 0 Å². The monoisotopic (exact) mass is 376 g/mol. The number of rotatable bonds is 6. The van der Waals surface area contributed by atoms with Gasteiger partial charge in [0.05, 0.1) is 54.1 Å². The van der Waals surface area contributed by atoms with Crippen molar-refractivity contribution in [3.63, 3.8) is 0 Å². The Morgan fingerprint density at radius 1 is 1.21 bits per heavy atom. The molecule has 0 saturated heterocycles. The molecule has 1 saturated carbocycles. The first kappa shape index (κ1) is 17.0. The quantitative estimate of drug-likeness (QED) is 0.556. The van der Waals surface area contributed by atoms with E-state index in [2.05, 4.69) is 20.3 Å². The van der Waals surface area contributed by atoms with Crippen molar-refractivity contribution < 1.29 is 9.84 Å². The standard InChI is InChI=1S/C20H20N6O2/c1-28-11-13-2-6-15(7-3-13)26-10-17(23-24-26)20(27)19-18(14-4-5-14)22-9-16-8-21-12-25(16)19/h2-3,6-10,12,14,20,27H,4-5,11H2,1H3. The van der Waals surface area contributed by atoms with Crippen molar-refractivity contribution in [3.8, 4) is 5.69 Å². The molecule has 1 N–H and O–H groups in total. The van der Waals surface area contributed by atoms with Gasteiger partial charge in [-0.2, -0.15) is 0 Å². The Kier molecular flexibility index (Phi) is 4.14. The van der Waals surface area contributed by atoms with Crippen LogP contribution in [-0.4, -0.2) is 41.6 Å². The number of hydrogen-bond acceptors (Lipinski definition) is 6. The molecular formula is C20H20N6O2. The van der Waals surface area contributed by atoms with Gasteiger partial charge in [0, 0.05) is 13.0 Å². The van der Waals surface area contributed by atoms with E-state index < -0.39 is 6.10 Å². The highest BCUT2D eigenvalue weighted by Gasteiger charge is 2.32. The Hall–Kier alpha value is -3.10. The van der Waals surface area contributed by atoms with Crippen LogP contribution in [0.1, 0.15) is 47.5 Å². The summed E-state index contributed by atoms with van der Waals surface area (Å²) in [6, 6.07) is 7.87. The number of methoxy groups -OCH3 is 1. The molecule has 8 heteroatoms. The number of imidazole rings is 1. The molecule has 3 aromatic heterocycles. The van der Waals surface area contributed by atoms with Crippen molar-refractivity contribution in [2.75, 3.05) is 7.11 Å². The van der Waals surface area contributed by atoms with E-state index in [4.69, 9.17) is 4.74 Å². The van der Waals surface area contributed by atoms with Crippen molar-refractivity contribution >= 4 is 5.52 Å². The number of aliphatic hydroxyl groups is 1. The van der Waals surface area contributed by atoms with E-state index in [1.807, 2.05) is 28.7 Å². The zero-order chi connectivity index (χ0) is 19.1. The number of benzene rings is 1. The number of aromatic nitrogens is 6. The summed E-state index contributed by atoms with van der Waals surface area (Å²) in [7, 11) is 1.67. The van der Waals surface area contributed by atoms with Crippen LogP contribution in [0.15, 0.2) is 49.2 Å². The molecule has 0 spiro atoms. The Labute approximate surface area is 161 Å². The molecule has 0 radical (unpaired) electrons. The molecule has 1 aliphatic carbocycles. The minimum Gasteiger partial charge on any atom is -0.380 e. The van der Waals surface area contributed by atoms with Crippen LogP contribution >= 0.6 is 0 Å². The highest BCUT2D eigenvalue weighted by atomic mass is 16.5. The van der Waals surface area contributed by atoms with E-state index in [1.54, 1.807) is 36.7 Å². The molecule has 3 heterocycles. The average molecular weight is 376 g/mol. The molecular weight excluding hydrogens is 356 g/mol. The maximum atomic E-state index is 11.1. The lowest BCUT2D eigenvalue weighted by molar-refractivity contribution is 0.185. The zero-order valence-electron chi connectivity index (χ0n) is 15.4. The minimum absolute atomic E-state index is 0.389. The molecule has 0 amide bonds. The van der Waals surface area contributed by atoms with Gasteiger partial charge in [-0.25, -0.2) is 9.67 Å². The summed E-state index contributed by atoms with van der Waals surface area (Å²) in [5.74, 6) is 0.389. The van der Waals surface area contributed by atoms with Gasteiger partial charge in [0.2, 0.25) is 0 Å². The van der Waals surface area contributed by atoms with Crippen LogP contribution in [0.4, 0.5) is 0 Å². The van der Waals surface area contributed by atoms with Gasteiger partial charge in [0.15, 0.2) is 0 Å². The largest absolute Gasteiger partial charge is 0.380 e. The second-order valence-corrected chi connectivity index (χ2v) is 7.08. The molecule has 1 fully saturated rings. The van der Waals surface area contributed by atoms with E-state index in [0.717, 1.165) is 41.0 Å². The zero-order valence-corrected chi connectivity index (χ0v) is 15.4. The van der Waals surface area contributed by atoms with Gasteiger partial charge in [-0.1, -0.05) is 17.3 Å². The van der Waals surface area contributed by atoms with E-state index in [1.165, 1.54) is 0 Å². The lowest BCUT2D eigenvalue weighted by Crippen LogP contribution is -2.11. The Morgan fingerprint density at radius 3 is 2.79 bits per heavy atom. The SMILES string of the molecule is COCc1ccc(-n2cc(C(O)c3c(C4CC4)ncc4cncn34)nn2)cc1. The van der Waals surface area contributed by atoms with Gasteiger partial charge in [-0.3, -0.25) is 9.38 Å². The third-order valence-electron chi connectivity index (χ3n) is 5.05. The summed E-state index contributed by atoms with van der Waals surface area (Å²) >= 11 is 0. The first-order chi connectivity index (χ1) is 13.7. The summed E-state index contributed by atoms with van der Waals surface area (Å²) in [5.41, 5.74) is 4.91. The van der Waals surface area contributed by atoms with Crippen LogP contribution < -0.4 is 0 Å². The van der Waals surface area contributed by atoms with Crippen LogP contribution in [0.5, 0.6) is 0 Å². The molecule has 5 rings (SSSR count). The molecule has 8 nitrogen and oxygen atoms in total. The lowest BCUT2D eigenvalue weighted by atomic mass is 10.1. The fourth-order valence-corrected chi connectivity index (χ4v) is 3.45. The fourth-order valence-electron chi connectivity index (χ4n) is 3.45. The summed E-state index contributed by atoms with van der Waals surface area (Å²) in [6.45, 7) is 0.563. The highest BCUT2D eigenvalue weighted by molar-refractivity contribution is 5.47. The summed E-state index contributed by atoms with van der Waals surface area (Å²) < 4.78 is 8.69. The topological polar surface area (TPSA) is 90.4 Å². The van der Waals surface area contributed by atoms with Crippen molar-refractivity contribution in [1.82, 2.24) is 29.4 Å². The molecule has 4 aromatic rings. The smallest absolute Gasteiger partial charge is 0.142 e. The molecule has 28 heavy (non-hydrogen) atoms. The minimum atomic E-state index is -0.928. The van der Waals surface area contributed by atoms with E-state index >= 15 is 0 Å². The number of nitrogens with zero attached hydrogens (tertiary/aromatic N) is 6. The van der Waals surface area contributed by atoms with E-state index in [9.17, 15) is 5.11 Å². The summed E-state index contributed by atoms with van der Waals surface area (Å²) in [5, 5.41) is 19.5.